The molecule has 0 spiro atoms. The lowest BCUT2D eigenvalue weighted by molar-refractivity contribution is -0.106. The van der Waals surface area contributed by atoms with Crippen LogP contribution in [0.2, 0.25) is 0 Å². The molecule has 2 fully saturated rings. The Balaban J connectivity index is 0.000000619. The van der Waals surface area contributed by atoms with Gasteiger partial charge in [0, 0.05) is 24.4 Å². The largest absolute Gasteiger partial charge is 0.396 e. The summed E-state index contributed by atoms with van der Waals surface area (Å²) in [5, 5.41) is 34.6. The number of hydrogen-bond donors (Lipinski definition) is 4. The van der Waals surface area contributed by atoms with Crippen LogP contribution < -0.4 is 0 Å². The number of carbonyl (C=O) groups excluding carboxylic acids is 2. The average Bonchev–Trinajstić information content (AvgIpc) is 3.18. The Bertz CT molecular complexity index is 1180. The van der Waals surface area contributed by atoms with Crippen molar-refractivity contribution in [1.82, 2.24) is 0 Å². The molecule has 0 bridgehead atoms. The van der Waals surface area contributed by atoms with E-state index in [-0.39, 0.29) is 24.4 Å². The third-order valence-electron chi connectivity index (χ3n) is 10.8. The molecule has 278 valence electrons. The average molecular weight is 691 g/mol. The van der Waals surface area contributed by atoms with Crippen LogP contribution in [0, 0.1) is 17.8 Å². The zero-order valence-corrected chi connectivity index (χ0v) is 30.8. The summed E-state index contributed by atoms with van der Waals surface area (Å²) in [7, 11) is 0. The third-order valence-corrected chi connectivity index (χ3v) is 10.8. The Morgan fingerprint density at radius 1 is 0.640 bits per heavy atom. The van der Waals surface area contributed by atoms with Crippen LogP contribution in [0.4, 0.5) is 0 Å². The summed E-state index contributed by atoms with van der Waals surface area (Å²) < 4.78 is 0. The van der Waals surface area contributed by atoms with Gasteiger partial charge >= 0.3 is 0 Å². The van der Waals surface area contributed by atoms with E-state index in [1.54, 1.807) is 5.56 Å². The molecule has 2 aliphatic rings. The molecule has 6 nitrogen and oxygen atoms in total. The smallest absolute Gasteiger partial charge is 0.147 e. The van der Waals surface area contributed by atoms with Crippen molar-refractivity contribution >= 4 is 12.6 Å². The number of aliphatic hydroxyl groups excluding tert-OH is 4. The van der Waals surface area contributed by atoms with Gasteiger partial charge in [0.25, 0.3) is 0 Å². The molecular weight excluding hydrogens is 624 g/mol. The molecule has 2 saturated carbocycles. The van der Waals surface area contributed by atoms with Crippen molar-refractivity contribution in [2.75, 3.05) is 26.4 Å². The molecule has 0 saturated heterocycles. The van der Waals surface area contributed by atoms with E-state index < -0.39 is 0 Å². The maximum atomic E-state index is 9.48. The van der Waals surface area contributed by atoms with Crippen LogP contribution >= 0.6 is 0 Å². The van der Waals surface area contributed by atoms with Crippen molar-refractivity contribution in [1.29, 1.82) is 0 Å². The van der Waals surface area contributed by atoms with Crippen molar-refractivity contribution in [2.45, 2.75) is 121 Å². The van der Waals surface area contributed by atoms with Crippen molar-refractivity contribution in [2.24, 2.45) is 17.8 Å². The Morgan fingerprint density at radius 3 is 1.40 bits per heavy atom. The highest BCUT2D eigenvalue weighted by molar-refractivity contribution is 5.72. The van der Waals surface area contributed by atoms with Gasteiger partial charge in [-0.1, -0.05) is 94.3 Å². The minimum Gasteiger partial charge on any atom is -0.396 e. The molecule has 0 amide bonds. The van der Waals surface area contributed by atoms with Gasteiger partial charge in [-0.05, 0) is 129 Å². The highest BCUT2D eigenvalue weighted by atomic mass is 16.3. The van der Waals surface area contributed by atoms with Crippen LogP contribution in [0.15, 0.2) is 72.8 Å². The van der Waals surface area contributed by atoms with E-state index in [0.717, 1.165) is 43.4 Å². The summed E-state index contributed by atoms with van der Waals surface area (Å²) in [5.74, 6) is 3.84. The van der Waals surface area contributed by atoms with Crippen LogP contribution in [-0.2, 0) is 9.59 Å². The minimum absolute atomic E-state index is 0.218. The summed E-state index contributed by atoms with van der Waals surface area (Å²) in [6.45, 7) is 8.77. The number of rotatable bonds is 18. The Hall–Kier alpha value is -2.90. The Kier molecular flexibility index (Phi) is 22.5. The van der Waals surface area contributed by atoms with Gasteiger partial charge in [-0.3, -0.25) is 9.59 Å². The predicted octanol–water partition coefficient (Wildman–Crippen LogP) is 9.11. The number of hydrogen-bond acceptors (Lipinski definition) is 6. The summed E-state index contributed by atoms with van der Waals surface area (Å²) in [4.78, 5) is 19.0. The molecule has 0 unspecified atom stereocenters. The van der Waals surface area contributed by atoms with Crippen LogP contribution in [0.25, 0.3) is 11.1 Å². The molecule has 4 rings (SSSR count). The highest BCUT2D eigenvalue weighted by Crippen LogP contribution is 2.42. The Labute approximate surface area is 302 Å². The molecule has 2 aromatic rings. The first-order valence-corrected chi connectivity index (χ1v) is 19.2. The van der Waals surface area contributed by atoms with Crippen LogP contribution in [-0.4, -0.2) is 59.4 Å². The zero-order valence-electron chi connectivity index (χ0n) is 30.8. The number of aldehydes is 2. The van der Waals surface area contributed by atoms with Gasteiger partial charge in [0.1, 0.15) is 12.6 Å². The van der Waals surface area contributed by atoms with Crippen LogP contribution in [0.5, 0.6) is 0 Å². The first-order chi connectivity index (χ1) is 24.3. The second-order valence-electron chi connectivity index (χ2n) is 14.4. The molecule has 0 aliphatic heterocycles. The second kappa shape index (κ2) is 26.0. The highest BCUT2D eigenvalue weighted by Gasteiger charge is 2.28. The van der Waals surface area contributed by atoms with Gasteiger partial charge in [0.05, 0.1) is 13.2 Å². The van der Waals surface area contributed by atoms with Crippen molar-refractivity contribution in [3.05, 3.63) is 84.0 Å². The molecule has 0 atom stereocenters. The lowest BCUT2D eigenvalue weighted by atomic mass is 9.71. The quantitative estimate of drug-likeness (QED) is 0.0705. The fourth-order valence-corrected chi connectivity index (χ4v) is 7.68. The molecule has 0 aromatic heterocycles. The second-order valence-corrected chi connectivity index (χ2v) is 14.4. The van der Waals surface area contributed by atoms with E-state index in [4.69, 9.17) is 10.2 Å². The van der Waals surface area contributed by atoms with Gasteiger partial charge in [-0.2, -0.15) is 0 Å². The molecule has 2 aliphatic carbocycles. The number of benzene rings is 2. The summed E-state index contributed by atoms with van der Waals surface area (Å²) >= 11 is 0. The van der Waals surface area contributed by atoms with E-state index in [0.29, 0.717) is 37.6 Å². The Morgan fingerprint density at radius 2 is 1.06 bits per heavy atom. The minimum atomic E-state index is -0.233. The summed E-state index contributed by atoms with van der Waals surface area (Å²) in [6, 6.07) is 18.9. The third kappa shape index (κ3) is 16.0. The molecule has 0 heterocycles. The molecule has 0 radical (unpaired) electrons. The molecule has 50 heavy (non-hydrogen) atoms. The first kappa shape index (κ1) is 43.3. The van der Waals surface area contributed by atoms with E-state index in [1.807, 2.05) is 0 Å². The van der Waals surface area contributed by atoms with Gasteiger partial charge < -0.3 is 20.4 Å². The lowest BCUT2D eigenvalue weighted by Gasteiger charge is -2.34. The number of carbonyl (C=O) groups is 2. The molecule has 2 aromatic carbocycles. The van der Waals surface area contributed by atoms with Gasteiger partial charge in [-0.25, -0.2) is 0 Å². The summed E-state index contributed by atoms with van der Waals surface area (Å²) in [6.07, 6.45) is 21.4. The van der Waals surface area contributed by atoms with Crippen LogP contribution in [0.1, 0.15) is 133 Å². The van der Waals surface area contributed by atoms with Crippen molar-refractivity contribution < 1.29 is 30.0 Å². The van der Waals surface area contributed by atoms with Crippen molar-refractivity contribution in [3.63, 3.8) is 0 Å². The lowest BCUT2D eigenvalue weighted by Crippen LogP contribution is -2.22. The fraction of sp³-hybridized carbons (Fsp3) is 0.591. The van der Waals surface area contributed by atoms with E-state index in [2.05, 4.69) is 68.6 Å². The topological polar surface area (TPSA) is 115 Å². The van der Waals surface area contributed by atoms with E-state index in [1.165, 1.54) is 93.7 Å². The van der Waals surface area contributed by atoms with E-state index in [9.17, 15) is 19.8 Å². The molecular formula is C44H66O6. The van der Waals surface area contributed by atoms with E-state index >= 15 is 0 Å². The monoisotopic (exact) mass is 690 g/mol. The summed E-state index contributed by atoms with van der Waals surface area (Å²) in [5.41, 5.74) is 6.16. The predicted molar refractivity (Wildman–Crippen MR) is 206 cm³/mol. The number of aliphatic hydroxyl groups is 4. The standard InChI is InChI=1S/C36H54O2.2C4H6O2/c1-2-3-4-7-28-10-12-30(13-11-28)32-18-20-34(21-19-32)36-24-22-35(23-25-36)33-16-14-31(15-17-33)29(8-5-26-37)9-6-27-38;2*1-4(2-5)3-6/h18-25,28-31,33,37-38H,2-17,26-27H2,1H3;2*2,6H,1,3H2. The van der Waals surface area contributed by atoms with Crippen LogP contribution in [0.3, 0.4) is 0 Å². The first-order valence-electron chi connectivity index (χ1n) is 19.2. The van der Waals surface area contributed by atoms with Gasteiger partial charge in [-0.15, -0.1) is 0 Å². The molecule has 4 N–H and O–H groups in total. The maximum Gasteiger partial charge on any atom is 0.147 e. The fourth-order valence-electron chi connectivity index (χ4n) is 7.68. The van der Waals surface area contributed by atoms with Gasteiger partial charge in [0.15, 0.2) is 0 Å². The SMILES string of the molecule is C=C(C=O)CO.C=C(C=O)CO.CCCCCC1CCC(c2ccc(-c3ccc(C4CCC(C(CCCO)CCCO)CC4)cc3)cc2)CC1. The van der Waals surface area contributed by atoms with Crippen molar-refractivity contribution in [3.8, 4) is 11.1 Å². The zero-order chi connectivity index (χ0) is 36.6. The molecule has 6 heteroatoms. The number of unbranched alkanes of at least 4 members (excludes halogenated alkanes) is 2. The maximum absolute atomic E-state index is 9.48. The van der Waals surface area contributed by atoms with Gasteiger partial charge in [0.2, 0.25) is 0 Å². The normalized spacial score (nSPS) is 20.1.